The Morgan fingerprint density at radius 1 is 1.42 bits per heavy atom. The van der Waals surface area contributed by atoms with Gasteiger partial charge in [0.1, 0.15) is 0 Å². The summed E-state index contributed by atoms with van der Waals surface area (Å²) in [5.41, 5.74) is 1.45. The Labute approximate surface area is 113 Å². The van der Waals surface area contributed by atoms with Crippen LogP contribution in [0.5, 0.6) is 0 Å². The molecule has 0 aromatic carbocycles. The molecule has 0 bridgehead atoms. The molecule has 2 heterocycles. The van der Waals surface area contributed by atoms with Gasteiger partial charge in [-0.15, -0.1) is 0 Å². The Hall–Kier alpha value is -0.960. The quantitative estimate of drug-likeness (QED) is 0.703. The van der Waals surface area contributed by atoms with E-state index < -0.39 is 10.0 Å². The Balaban J connectivity index is 2.18. The van der Waals surface area contributed by atoms with E-state index in [9.17, 15) is 8.42 Å². The highest BCUT2D eigenvalue weighted by Crippen LogP contribution is 2.18. The van der Waals surface area contributed by atoms with Gasteiger partial charge in [0, 0.05) is 37.1 Å². The minimum absolute atomic E-state index is 0.0711. The van der Waals surface area contributed by atoms with E-state index in [1.54, 1.807) is 7.05 Å². The zero-order chi connectivity index (χ0) is 13.9. The minimum Gasteiger partial charge on any atom is -0.381 e. The number of hydrogen-bond donors (Lipinski definition) is 3. The van der Waals surface area contributed by atoms with Gasteiger partial charge in [0.15, 0.2) is 5.03 Å². The van der Waals surface area contributed by atoms with Crippen LogP contribution in [0.15, 0.2) is 5.03 Å². The third kappa shape index (κ3) is 3.33. The zero-order valence-electron chi connectivity index (χ0n) is 11.2. The van der Waals surface area contributed by atoms with Crippen molar-refractivity contribution in [2.24, 2.45) is 0 Å². The summed E-state index contributed by atoms with van der Waals surface area (Å²) >= 11 is 0. The minimum atomic E-state index is -3.58. The highest BCUT2D eigenvalue weighted by Gasteiger charge is 2.27. The smallest absolute Gasteiger partial charge is 0.260 e. The highest BCUT2D eigenvalue weighted by atomic mass is 32.2. The summed E-state index contributed by atoms with van der Waals surface area (Å²) in [5, 5.41) is 9.70. The van der Waals surface area contributed by atoms with Gasteiger partial charge in [-0.3, -0.25) is 5.10 Å². The molecule has 1 aromatic heterocycles. The monoisotopic (exact) mass is 288 g/mol. The molecule has 108 valence electrons. The molecule has 0 atom stereocenters. The van der Waals surface area contributed by atoms with Crippen LogP contribution in [0.1, 0.15) is 24.1 Å². The largest absolute Gasteiger partial charge is 0.381 e. The van der Waals surface area contributed by atoms with E-state index in [2.05, 4.69) is 20.2 Å². The topological polar surface area (TPSA) is 96.1 Å². The van der Waals surface area contributed by atoms with Crippen LogP contribution in [-0.4, -0.2) is 44.9 Å². The van der Waals surface area contributed by atoms with Crippen LogP contribution in [0.3, 0.4) is 0 Å². The second-order valence-corrected chi connectivity index (χ2v) is 6.30. The highest BCUT2D eigenvalue weighted by molar-refractivity contribution is 7.89. The summed E-state index contributed by atoms with van der Waals surface area (Å²) < 4.78 is 32.6. The number of aromatic nitrogens is 2. The fourth-order valence-electron chi connectivity index (χ4n) is 2.13. The third-order valence-corrected chi connectivity index (χ3v) is 4.68. The fraction of sp³-hybridized carbons (Fsp3) is 0.727. The van der Waals surface area contributed by atoms with E-state index in [0.29, 0.717) is 38.2 Å². The summed E-state index contributed by atoms with van der Waals surface area (Å²) in [6, 6.07) is -0.0711. The first kappa shape index (κ1) is 14.4. The fourth-order valence-corrected chi connectivity index (χ4v) is 3.63. The molecule has 1 fully saturated rings. The van der Waals surface area contributed by atoms with Crippen LogP contribution in [0, 0.1) is 6.92 Å². The van der Waals surface area contributed by atoms with Gasteiger partial charge in [0.2, 0.25) is 0 Å². The summed E-state index contributed by atoms with van der Waals surface area (Å²) in [6.45, 7) is 3.46. The number of aromatic amines is 1. The molecule has 0 aliphatic carbocycles. The molecule has 0 radical (unpaired) electrons. The summed E-state index contributed by atoms with van der Waals surface area (Å²) in [6.07, 6.45) is 1.40. The van der Waals surface area contributed by atoms with Gasteiger partial charge >= 0.3 is 0 Å². The number of nitrogens with one attached hydrogen (secondary N) is 3. The predicted molar refractivity (Wildman–Crippen MR) is 70.3 cm³/mol. The van der Waals surface area contributed by atoms with Crippen LogP contribution in [-0.2, 0) is 21.3 Å². The van der Waals surface area contributed by atoms with Crippen molar-refractivity contribution in [1.29, 1.82) is 0 Å². The van der Waals surface area contributed by atoms with Crippen molar-refractivity contribution in [3.8, 4) is 0 Å². The molecule has 3 N–H and O–H groups in total. The molecule has 1 aliphatic heterocycles. The maximum atomic E-state index is 12.3. The van der Waals surface area contributed by atoms with Crippen molar-refractivity contribution >= 4 is 10.0 Å². The maximum absolute atomic E-state index is 12.3. The lowest BCUT2D eigenvalue weighted by atomic mass is 10.1. The van der Waals surface area contributed by atoms with Gasteiger partial charge in [0.25, 0.3) is 10.0 Å². The second-order valence-electron chi connectivity index (χ2n) is 4.67. The van der Waals surface area contributed by atoms with Crippen LogP contribution in [0.2, 0.25) is 0 Å². The summed E-state index contributed by atoms with van der Waals surface area (Å²) in [4.78, 5) is 0. The number of hydrogen-bond acceptors (Lipinski definition) is 5. The number of nitrogens with zero attached hydrogens (tertiary/aromatic N) is 1. The van der Waals surface area contributed by atoms with Gasteiger partial charge in [0.05, 0.1) is 0 Å². The van der Waals surface area contributed by atoms with Crippen molar-refractivity contribution in [2.75, 3.05) is 20.3 Å². The Kier molecular flexibility index (Phi) is 4.56. The lowest BCUT2D eigenvalue weighted by molar-refractivity contribution is 0.0832. The second kappa shape index (κ2) is 6.00. The Morgan fingerprint density at radius 3 is 2.74 bits per heavy atom. The van der Waals surface area contributed by atoms with Crippen LogP contribution >= 0.6 is 0 Å². The first-order valence-electron chi connectivity index (χ1n) is 6.33. The van der Waals surface area contributed by atoms with Crippen molar-refractivity contribution in [3.63, 3.8) is 0 Å². The SMILES string of the molecule is CNCc1c(S(=O)(=O)NC2CCOCC2)n[nH]c1C. The normalized spacial score (nSPS) is 17.8. The first-order chi connectivity index (χ1) is 9.04. The van der Waals surface area contributed by atoms with Gasteiger partial charge < -0.3 is 10.1 Å². The first-order valence-corrected chi connectivity index (χ1v) is 7.81. The molecule has 19 heavy (non-hydrogen) atoms. The molecule has 2 rings (SSSR count). The third-order valence-electron chi connectivity index (χ3n) is 3.19. The Bertz CT molecular complexity index is 520. The lowest BCUT2D eigenvalue weighted by Crippen LogP contribution is -2.39. The standard InChI is InChI=1S/C11H20N4O3S/c1-8-10(7-12-2)11(14-13-8)19(16,17)15-9-3-5-18-6-4-9/h9,12,15H,3-7H2,1-2H3,(H,13,14). The molecular formula is C11H20N4O3S. The molecule has 8 heteroatoms. The van der Waals surface area contributed by atoms with Crippen molar-refractivity contribution in [3.05, 3.63) is 11.3 Å². The average Bonchev–Trinajstić information content (AvgIpc) is 2.73. The van der Waals surface area contributed by atoms with E-state index in [0.717, 1.165) is 5.69 Å². The molecule has 1 aromatic rings. The van der Waals surface area contributed by atoms with Crippen molar-refractivity contribution < 1.29 is 13.2 Å². The molecule has 1 aliphatic rings. The number of H-pyrrole nitrogens is 1. The predicted octanol–water partition coefficient (Wildman–Crippen LogP) is -0.105. The number of ether oxygens (including phenoxy) is 1. The van der Waals surface area contributed by atoms with Crippen molar-refractivity contribution in [2.45, 2.75) is 37.4 Å². The van der Waals surface area contributed by atoms with E-state index in [1.807, 2.05) is 6.92 Å². The van der Waals surface area contributed by atoms with Crippen LogP contribution in [0.25, 0.3) is 0 Å². The van der Waals surface area contributed by atoms with Gasteiger partial charge in [-0.1, -0.05) is 0 Å². The van der Waals surface area contributed by atoms with Crippen molar-refractivity contribution in [1.82, 2.24) is 20.2 Å². The summed E-state index contributed by atoms with van der Waals surface area (Å²) in [5.74, 6) is 0. The molecule has 0 spiro atoms. The molecule has 7 nitrogen and oxygen atoms in total. The summed E-state index contributed by atoms with van der Waals surface area (Å²) in [7, 11) is -1.81. The lowest BCUT2D eigenvalue weighted by Gasteiger charge is -2.22. The molecule has 0 saturated carbocycles. The van der Waals surface area contributed by atoms with Crippen LogP contribution < -0.4 is 10.0 Å². The molecule has 0 amide bonds. The number of rotatable bonds is 5. The van der Waals surface area contributed by atoms with E-state index in [1.165, 1.54) is 0 Å². The number of sulfonamides is 1. The van der Waals surface area contributed by atoms with Gasteiger partial charge in [-0.25, -0.2) is 13.1 Å². The number of aryl methyl sites for hydroxylation is 1. The van der Waals surface area contributed by atoms with E-state index in [4.69, 9.17) is 4.74 Å². The van der Waals surface area contributed by atoms with E-state index >= 15 is 0 Å². The molecule has 0 unspecified atom stereocenters. The van der Waals surface area contributed by atoms with Gasteiger partial charge in [-0.05, 0) is 26.8 Å². The average molecular weight is 288 g/mol. The maximum Gasteiger partial charge on any atom is 0.260 e. The van der Waals surface area contributed by atoms with E-state index in [-0.39, 0.29) is 11.1 Å². The zero-order valence-corrected chi connectivity index (χ0v) is 12.0. The van der Waals surface area contributed by atoms with Crippen LogP contribution in [0.4, 0.5) is 0 Å². The Morgan fingerprint density at radius 2 is 2.11 bits per heavy atom. The molecule has 1 saturated heterocycles. The molecular weight excluding hydrogens is 268 g/mol. The van der Waals surface area contributed by atoms with Gasteiger partial charge in [-0.2, -0.15) is 5.10 Å².